The van der Waals surface area contributed by atoms with Gasteiger partial charge in [0.1, 0.15) is 0 Å². The normalized spacial score (nSPS) is 14.8. The second-order valence-corrected chi connectivity index (χ2v) is 7.18. The Hall–Kier alpha value is -2.86. The van der Waals surface area contributed by atoms with Gasteiger partial charge in [0.15, 0.2) is 0 Å². The number of nitrogens with two attached hydrogens (primary N) is 1. The van der Waals surface area contributed by atoms with Crippen LogP contribution in [0.2, 0.25) is 0 Å². The lowest BCUT2D eigenvalue weighted by molar-refractivity contribution is 0.0926. The lowest BCUT2D eigenvalue weighted by atomic mass is 9.98. The van der Waals surface area contributed by atoms with E-state index >= 15 is 0 Å². The Balaban J connectivity index is 1.53. The second kappa shape index (κ2) is 9.37. The van der Waals surface area contributed by atoms with Gasteiger partial charge >= 0.3 is 6.03 Å². The summed E-state index contributed by atoms with van der Waals surface area (Å²) in [5.41, 5.74) is 9.40. The molecule has 3 amide bonds. The number of urea groups is 1. The van der Waals surface area contributed by atoms with E-state index in [4.69, 9.17) is 5.73 Å². The van der Waals surface area contributed by atoms with Crippen LogP contribution in [0.1, 0.15) is 40.4 Å². The van der Waals surface area contributed by atoms with Crippen LogP contribution in [0.5, 0.6) is 0 Å². The second-order valence-electron chi connectivity index (χ2n) is 7.18. The molecule has 0 saturated heterocycles. The van der Waals surface area contributed by atoms with E-state index in [1.165, 1.54) is 11.1 Å². The first-order valence-corrected chi connectivity index (χ1v) is 9.78. The van der Waals surface area contributed by atoms with Crippen molar-refractivity contribution in [2.45, 2.75) is 38.9 Å². The summed E-state index contributed by atoms with van der Waals surface area (Å²) < 4.78 is 0. The van der Waals surface area contributed by atoms with Crippen LogP contribution < -0.4 is 16.4 Å². The van der Waals surface area contributed by atoms with Gasteiger partial charge < -0.3 is 16.4 Å². The standard InChI is InChI=1S/C22H28N4O2/c1-2-20(26-12-11-17-5-3-4-6-19(17)15-26)14-24-21(27)18-9-7-16(8-10-18)13-25-22(23)28/h3-10,20H,2,11-15H2,1H3,(H,24,27)(H3,23,25,28)/t20-/m0/s1. The van der Waals surface area contributed by atoms with Gasteiger partial charge in [0.25, 0.3) is 5.91 Å². The molecule has 4 N–H and O–H groups in total. The molecule has 1 aliphatic heterocycles. The molecule has 0 spiro atoms. The molecule has 0 bridgehead atoms. The van der Waals surface area contributed by atoms with E-state index in [9.17, 15) is 9.59 Å². The van der Waals surface area contributed by atoms with Crippen molar-refractivity contribution in [1.82, 2.24) is 15.5 Å². The first kappa shape index (κ1) is 19.9. The average molecular weight is 380 g/mol. The predicted octanol–water partition coefficient (Wildman–Crippen LogP) is 2.42. The lowest BCUT2D eigenvalue weighted by Gasteiger charge is -2.35. The Morgan fingerprint density at radius 1 is 1.07 bits per heavy atom. The SMILES string of the molecule is CC[C@@H](CNC(=O)c1ccc(CNC(N)=O)cc1)N1CCc2ccccc2C1. The summed E-state index contributed by atoms with van der Waals surface area (Å²) in [4.78, 5) is 25.7. The zero-order valence-corrected chi connectivity index (χ0v) is 16.3. The highest BCUT2D eigenvalue weighted by Crippen LogP contribution is 2.21. The van der Waals surface area contributed by atoms with Gasteiger partial charge in [0.2, 0.25) is 0 Å². The Morgan fingerprint density at radius 3 is 2.46 bits per heavy atom. The van der Waals surface area contributed by atoms with Crippen LogP contribution in [-0.2, 0) is 19.5 Å². The third-order valence-corrected chi connectivity index (χ3v) is 5.33. The largest absolute Gasteiger partial charge is 0.352 e. The molecule has 0 aromatic heterocycles. The van der Waals surface area contributed by atoms with Crippen LogP contribution in [0, 0.1) is 0 Å². The maximum atomic E-state index is 12.5. The number of carbonyl (C=O) groups is 2. The molecule has 0 saturated carbocycles. The average Bonchev–Trinajstić information content (AvgIpc) is 2.72. The van der Waals surface area contributed by atoms with Gasteiger partial charge in [-0.1, -0.05) is 43.3 Å². The quantitative estimate of drug-likeness (QED) is 0.689. The smallest absolute Gasteiger partial charge is 0.312 e. The molecule has 28 heavy (non-hydrogen) atoms. The number of benzene rings is 2. The molecule has 0 aliphatic carbocycles. The zero-order valence-electron chi connectivity index (χ0n) is 16.3. The van der Waals surface area contributed by atoms with Crippen molar-refractivity contribution >= 4 is 11.9 Å². The molecule has 3 rings (SSSR count). The number of primary amides is 1. The molecule has 0 unspecified atom stereocenters. The van der Waals surface area contributed by atoms with Crippen LogP contribution in [0.3, 0.4) is 0 Å². The minimum Gasteiger partial charge on any atom is -0.352 e. The number of hydrogen-bond acceptors (Lipinski definition) is 3. The maximum Gasteiger partial charge on any atom is 0.312 e. The number of amides is 3. The van der Waals surface area contributed by atoms with Gasteiger partial charge in [-0.05, 0) is 41.7 Å². The summed E-state index contributed by atoms with van der Waals surface area (Å²) in [5, 5.41) is 5.61. The van der Waals surface area contributed by atoms with E-state index < -0.39 is 6.03 Å². The van der Waals surface area contributed by atoms with Gasteiger partial charge in [-0.2, -0.15) is 0 Å². The summed E-state index contributed by atoms with van der Waals surface area (Å²) in [6.07, 6.45) is 2.04. The van der Waals surface area contributed by atoms with Gasteiger partial charge in [0.05, 0.1) is 0 Å². The van der Waals surface area contributed by atoms with Gasteiger partial charge in [-0.15, -0.1) is 0 Å². The zero-order chi connectivity index (χ0) is 19.9. The highest BCUT2D eigenvalue weighted by atomic mass is 16.2. The topological polar surface area (TPSA) is 87.5 Å². The molecule has 1 aliphatic rings. The van der Waals surface area contributed by atoms with Crippen molar-refractivity contribution in [2.24, 2.45) is 5.73 Å². The van der Waals surface area contributed by atoms with Crippen molar-refractivity contribution in [1.29, 1.82) is 0 Å². The molecule has 2 aromatic carbocycles. The van der Waals surface area contributed by atoms with Crippen LogP contribution in [0.15, 0.2) is 48.5 Å². The molecule has 0 fully saturated rings. The Bertz CT molecular complexity index is 820. The van der Waals surface area contributed by atoms with E-state index in [0.29, 0.717) is 24.7 Å². The summed E-state index contributed by atoms with van der Waals surface area (Å²) in [6.45, 7) is 5.10. The fourth-order valence-electron chi connectivity index (χ4n) is 3.64. The van der Waals surface area contributed by atoms with E-state index in [2.05, 4.69) is 46.7 Å². The number of hydrogen-bond donors (Lipinski definition) is 3. The summed E-state index contributed by atoms with van der Waals surface area (Å²) >= 11 is 0. The lowest BCUT2D eigenvalue weighted by Crippen LogP contribution is -2.45. The van der Waals surface area contributed by atoms with Crippen LogP contribution in [0.4, 0.5) is 4.79 Å². The number of carbonyl (C=O) groups excluding carboxylic acids is 2. The van der Waals surface area contributed by atoms with E-state index in [-0.39, 0.29) is 5.91 Å². The van der Waals surface area contributed by atoms with Crippen molar-refractivity contribution < 1.29 is 9.59 Å². The van der Waals surface area contributed by atoms with Crippen LogP contribution in [-0.4, -0.2) is 36.0 Å². The highest BCUT2D eigenvalue weighted by Gasteiger charge is 2.22. The Morgan fingerprint density at radius 2 is 1.79 bits per heavy atom. The van der Waals surface area contributed by atoms with Gasteiger partial charge in [-0.3, -0.25) is 9.69 Å². The molecule has 148 valence electrons. The van der Waals surface area contributed by atoms with Crippen molar-refractivity contribution in [3.63, 3.8) is 0 Å². The third-order valence-electron chi connectivity index (χ3n) is 5.33. The number of nitrogens with one attached hydrogen (secondary N) is 2. The predicted molar refractivity (Wildman–Crippen MR) is 110 cm³/mol. The fraction of sp³-hybridized carbons (Fsp3) is 0.364. The third kappa shape index (κ3) is 5.10. The summed E-state index contributed by atoms with van der Waals surface area (Å²) in [7, 11) is 0. The fourth-order valence-corrected chi connectivity index (χ4v) is 3.64. The molecule has 6 heteroatoms. The Labute approximate surface area is 166 Å². The number of nitrogens with zero attached hydrogens (tertiary/aromatic N) is 1. The molecular formula is C22H28N4O2. The number of fused-ring (bicyclic) bond motifs is 1. The van der Waals surface area contributed by atoms with E-state index in [1.54, 1.807) is 12.1 Å². The number of rotatable bonds is 7. The summed E-state index contributed by atoms with van der Waals surface area (Å²) in [5.74, 6) is -0.0785. The maximum absolute atomic E-state index is 12.5. The van der Waals surface area contributed by atoms with Crippen molar-refractivity contribution in [2.75, 3.05) is 13.1 Å². The summed E-state index contributed by atoms with van der Waals surface area (Å²) in [6, 6.07) is 15.5. The molecule has 6 nitrogen and oxygen atoms in total. The van der Waals surface area contributed by atoms with E-state index in [1.807, 2.05) is 12.1 Å². The Kier molecular flexibility index (Phi) is 6.66. The van der Waals surface area contributed by atoms with Crippen molar-refractivity contribution in [3.05, 3.63) is 70.8 Å². The van der Waals surface area contributed by atoms with Gasteiger partial charge in [-0.25, -0.2) is 4.79 Å². The van der Waals surface area contributed by atoms with Gasteiger partial charge in [0, 0.05) is 37.8 Å². The highest BCUT2D eigenvalue weighted by molar-refractivity contribution is 5.94. The molecular weight excluding hydrogens is 352 g/mol. The first-order valence-electron chi connectivity index (χ1n) is 9.78. The molecule has 1 heterocycles. The minimum absolute atomic E-state index is 0.0785. The molecule has 0 radical (unpaired) electrons. The molecule has 1 atom stereocenters. The molecule has 2 aromatic rings. The van der Waals surface area contributed by atoms with Crippen molar-refractivity contribution in [3.8, 4) is 0 Å². The van der Waals surface area contributed by atoms with E-state index in [0.717, 1.165) is 31.5 Å². The first-order chi connectivity index (χ1) is 13.6. The van der Waals surface area contributed by atoms with Crippen LogP contribution in [0.25, 0.3) is 0 Å². The minimum atomic E-state index is -0.562. The monoisotopic (exact) mass is 380 g/mol. The van der Waals surface area contributed by atoms with Crippen LogP contribution >= 0.6 is 0 Å².